The summed E-state index contributed by atoms with van der Waals surface area (Å²) in [6.07, 6.45) is 1.93. The van der Waals surface area contributed by atoms with Gasteiger partial charge in [-0.25, -0.2) is 4.79 Å². The molecule has 0 radical (unpaired) electrons. The van der Waals surface area contributed by atoms with Crippen LogP contribution in [-0.2, 0) is 4.74 Å². The third kappa shape index (κ3) is 2.61. The van der Waals surface area contributed by atoms with Crippen LogP contribution in [0.5, 0.6) is 0 Å². The molecule has 0 atom stereocenters. The van der Waals surface area contributed by atoms with E-state index < -0.39 is 0 Å². The Kier molecular flexibility index (Phi) is 3.95. The van der Waals surface area contributed by atoms with Crippen molar-refractivity contribution in [3.8, 4) is 0 Å². The summed E-state index contributed by atoms with van der Waals surface area (Å²) in [7, 11) is 0. The van der Waals surface area contributed by atoms with Gasteiger partial charge in [-0.15, -0.1) is 0 Å². The van der Waals surface area contributed by atoms with Crippen LogP contribution in [0.15, 0.2) is 4.42 Å². The van der Waals surface area contributed by atoms with Gasteiger partial charge < -0.3 is 9.15 Å². The highest BCUT2D eigenvalue weighted by atomic mass is 16.5. The summed E-state index contributed by atoms with van der Waals surface area (Å²) in [6, 6.07) is 0. The first kappa shape index (κ1) is 11.8. The molecule has 1 aromatic rings. The van der Waals surface area contributed by atoms with Crippen LogP contribution in [0.1, 0.15) is 47.2 Å². The van der Waals surface area contributed by atoms with E-state index in [1.54, 1.807) is 6.92 Å². The van der Waals surface area contributed by atoms with E-state index in [2.05, 4.69) is 6.92 Å². The molecule has 0 aliphatic heterocycles. The quantitative estimate of drug-likeness (QED) is 0.566. The van der Waals surface area contributed by atoms with Crippen LogP contribution in [0.4, 0.5) is 0 Å². The van der Waals surface area contributed by atoms with Crippen molar-refractivity contribution in [3.63, 3.8) is 0 Å². The van der Waals surface area contributed by atoms with Crippen LogP contribution in [-0.4, -0.2) is 12.6 Å². The predicted octanol–water partition coefficient (Wildman–Crippen LogP) is 3.16. The zero-order valence-corrected chi connectivity index (χ0v) is 9.85. The van der Waals surface area contributed by atoms with Gasteiger partial charge in [0.05, 0.1) is 6.61 Å². The van der Waals surface area contributed by atoms with Gasteiger partial charge in [-0.05, 0) is 27.2 Å². The second-order valence-corrected chi connectivity index (χ2v) is 3.70. The minimum absolute atomic E-state index is 0.268. The molecule has 1 aromatic heterocycles. The maximum atomic E-state index is 11.7. The Morgan fingerprint density at radius 1 is 1.27 bits per heavy atom. The number of aryl methyl sites for hydroxylation is 2. The van der Waals surface area contributed by atoms with E-state index in [0.29, 0.717) is 17.9 Å². The Hall–Kier alpha value is -1.25. The van der Waals surface area contributed by atoms with Crippen LogP contribution in [0.2, 0.25) is 0 Å². The number of rotatable bonds is 4. The van der Waals surface area contributed by atoms with Gasteiger partial charge in [0.1, 0.15) is 17.1 Å². The average Bonchev–Trinajstić information content (AvgIpc) is 2.41. The molecule has 0 saturated carbocycles. The van der Waals surface area contributed by atoms with Gasteiger partial charge in [0, 0.05) is 5.56 Å². The molecule has 15 heavy (non-hydrogen) atoms. The monoisotopic (exact) mass is 210 g/mol. The molecule has 0 bridgehead atoms. The van der Waals surface area contributed by atoms with E-state index in [-0.39, 0.29) is 5.97 Å². The molecular formula is C12H18O3. The summed E-state index contributed by atoms with van der Waals surface area (Å²) in [5.74, 6) is 1.16. The van der Waals surface area contributed by atoms with E-state index in [9.17, 15) is 4.79 Å². The fraction of sp³-hybridized carbons (Fsp3) is 0.583. The van der Waals surface area contributed by atoms with Gasteiger partial charge in [0.25, 0.3) is 0 Å². The Bertz CT molecular complexity index is 350. The number of furan rings is 1. The van der Waals surface area contributed by atoms with E-state index in [1.165, 1.54) is 0 Å². The van der Waals surface area contributed by atoms with E-state index in [1.807, 2.05) is 13.8 Å². The molecule has 0 fully saturated rings. The first-order valence-electron chi connectivity index (χ1n) is 5.31. The highest BCUT2D eigenvalue weighted by Gasteiger charge is 2.19. The highest BCUT2D eigenvalue weighted by molar-refractivity contribution is 5.92. The van der Waals surface area contributed by atoms with Crippen molar-refractivity contribution in [1.29, 1.82) is 0 Å². The van der Waals surface area contributed by atoms with Crippen molar-refractivity contribution in [2.45, 2.75) is 40.5 Å². The number of hydrogen-bond acceptors (Lipinski definition) is 3. The molecule has 1 rings (SSSR count). The Labute approximate surface area is 90.4 Å². The lowest BCUT2D eigenvalue weighted by molar-refractivity contribution is 0.0497. The van der Waals surface area contributed by atoms with Crippen molar-refractivity contribution < 1.29 is 13.9 Å². The van der Waals surface area contributed by atoms with Crippen LogP contribution in [0, 0.1) is 20.8 Å². The van der Waals surface area contributed by atoms with Crippen LogP contribution in [0.25, 0.3) is 0 Å². The molecule has 3 heteroatoms. The molecule has 1 heterocycles. The van der Waals surface area contributed by atoms with Crippen LogP contribution >= 0.6 is 0 Å². The summed E-state index contributed by atoms with van der Waals surface area (Å²) < 4.78 is 10.5. The molecular weight excluding hydrogens is 192 g/mol. The minimum Gasteiger partial charge on any atom is -0.465 e. The van der Waals surface area contributed by atoms with E-state index in [4.69, 9.17) is 9.15 Å². The second kappa shape index (κ2) is 5.01. The lowest BCUT2D eigenvalue weighted by Crippen LogP contribution is -2.08. The topological polar surface area (TPSA) is 39.4 Å². The summed E-state index contributed by atoms with van der Waals surface area (Å²) >= 11 is 0. The van der Waals surface area contributed by atoms with Crippen LogP contribution in [0.3, 0.4) is 0 Å². The zero-order valence-electron chi connectivity index (χ0n) is 9.85. The summed E-state index contributed by atoms with van der Waals surface area (Å²) in [4.78, 5) is 11.7. The fourth-order valence-electron chi connectivity index (χ4n) is 1.48. The second-order valence-electron chi connectivity index (χ2n) is 3.70. The largest absolute Gasteiger partial charge is 0.465 e. The Balaban J connectivity index is 2.73. The maximum absolute atomic E-state index is 11.7. The standard InChI is InChI=1S/C12H18O3/c1-5-6-7-14-12(13)11-8(2)9(3)15-10(11)4/h5-7H2,1-4H3. The molecule has 0 unspecified atom stereocenters. The molecule has 0 N–H and O–H groups in total. The van der Waals surface area contributed by atoms with Gasteiger partial charge in [0.2, 0.25) is 0 Å². The first-order chi connectivity index (χ1) is 7.07. The molecule has 3 nitrogen and oxygen atoms in total. The number of ether oxygens (including phenoxy) is 1. The lowest BCUT2D eigenvalue weighted by atomic mass is 10.1. The average molecular weight is 210 g/mol. The third-order valence-corrected chi connectivity index (χ3v) is 2.50. The first-order valence-corrected chi connectivity index (χ1v) is 5.31. The number of carbonyl (C=O) groups is 1. The van der Waals surface area contributed by atoms with Crippen molar-refractivity contribution in [2.75, 3.05) is 6.61 Å². The van der Waals surface area contributed by atoms with Crippen molar-refractivity contribution >= 4 is 5.97 Å². The summed E-state index contributed by atoms with van der Waals surface area (Å²) in [6.45, 7) is 8.06. The normalized spacial score (nSPS) is 10.4. The predicted molar refractivity (Wildman–Crippen MR) is 58.1 cm³/mol. The minimum atomic E-state index is -0.268. The van der Waals surface area contributed by atoms with Gasteiger partial charge >= 0.3 is 5.97 Å². The molecule has 0 aliphatic rings. The van der Waals surface area contributed by atoms with Crippen molar-refractivity contribution in [3.05, 3.63) is 22.6 Å². The molecule has 0 amide bonds. The molecule has 0 aromatic carbocycles. The summed E-state index contributed by atoms with van der Waals surface area (Å²) in [5, 5.41) is 0. The smallest absolute Gasteiger partial charge is 0.341 e. The molecule has 0 saturated heterocycles. The lowest BCUT2D eigenvalue weighted by Gasteiger charge is -2.03. The SMILES string of the molecule is CCCCOC(=O)c1c(C)oc(C)c1C. The number of unbranched alkanes of at least 4 members (excludes halogenated alkanes) is 1. The van der Waals surface area contributed by atoms with Crippen molar-refractivity contribution in [2.24, 2.45) is 0 Å². The Morgan fingerprint density at radius 3 is 2.40 bits per heavy atom. The maximum Gasteiger partial charge on any atom is 0.341 e. The highest BCUT2D eigenvalue weighted by Crippen LogP contribution is 2.21. The van der Waals surface area contributed by atoms with E-state index >= 15 is 0 Å². The van der Waals surface area contributed by atoms with Gasteiger partial charge in [0.15, 0.2) is 0 Å². The molecule has 0 aliphatic carbocycles. The van der Waals surface area contributed by atoms with Crippen molar-refractivity contribution in [1.82, 2.24) is 0 Å². The third-order valence-electron chi connectivity index (χ3n) is 2.50. The van der Waals surface area contributed by atoms with Crippen LogP contribution < -0.4 is 0 Å². The summed E-state index contributed by atoms with van der Waals surface area (Å²) in [5.41, 5.74) is 1.47. The fourth-order valence-corrected chi connectivity index (χ4v) is 1.48. The molecule has 0 spiro atoms. The van der Waals surface area contributed by atoms with Gasteiger partial charge in [-0.2, -0.15) is 0 Å². The number of esters is 1. The number of carbonyl (C=O) groups excluding carboxylic acids is 1. The Morgan fingerprint density at radius 2 is 1.93 bits per heavy atom. The number of hydrogen-bond donors (Lipinski definition) is 0. The van der Waals surface area contributed by atoms with E-state index in [0.717, 1.165) is 24.2 Å². The zero-order chi connectivity index (χ0) is 11.4. The van der Waals surface area contributed by atoms with Gasteiger partial charge in [-0.1, -0.05) is 13.3 Å². The van der Waals surface area contributed by atoms with Gasteiger partial charge in [-0.3, -0.25) is 0 Å². The molecule has 84 valence electrons.